The van der Waals surface area contributed by atoms with Gasteiger partial charge >= 0.3 is 7.12 Å². The fraction of sp³-hybridized carbons (Fsp3) is 0.455. The molecule has 0 amide bonds. The molecule has 0 aliphatic heterocycles. The van der Waals surface area contributed by atoms with Crippen LogP contribution in [-0.4, -0.2) is 23.8 Å². The topological polar surface area (TPSA) is 49.7 Å². The minimum atomic E-state index is -1.41. The first-order valence-electron chi connectivity index (χ1n) is 5.22. The van der Waals surface area contributed by atoms with Crippen molar-refractivity contribution >= 4 is 12.6 Å². The Hall–Kier alpha value is -0.995. The lowest BCUT2D eigenvalue weighted by Crippen LogP contribution is -2.29. The molecule has 2 N–H and O–H groups in total. The van der Waals surface area contributed by atoms with Crippen molar-refractivity contribution < 1.29 is 14.8 Å². The van der Waals surface area contributed by atoms with Gasteiger partial charge in [0, 0.05) is 0 Å². The minimum Gasteiger partial charge on any atom is -0.493 e. The van der Waals surface area contributed by atoms with Crippen LogP contribution in [-0.2, 0) is 0 Å². The van der Waals surface area contributed by atoms with E-state index in [4.69, 9.17) is 14.8 Å². The molecule has 1 aromatic rings. The van der Waals surface area contributed by atoms with Crippen molar-refractivity contribution in [3.63, 3.8) is 0 Å². The SMILES string of the molecule is CC[C@@H](C)COc1ccc(B(O)O)cc1. The molecule has 15 heavy (non-hydrogen) atoms. The van der Waals surface area contributed by atoms with Crippen LogP contribution in [0.4, 0.5) is 0 Å². The van der Waals surface area contributed by atoms with Crippen molar-refractivity contribution in [2.45, 2.75) is 20.3 Å². The molecule has 1 rings (SSSR count). The van der Waals surface area contributed by atoms with Crippen molar-refractivity contribution in [2.24, 2.45) is 5.92 Å². The molecule has 4 heteroatoms. The number of hydrogen-bond acceptors (Lipinski definition) is 3. The van der Waals surface area contributed by atoms with Crippen LogP contribution in [0, 0.1) is 5.92 Å². The van der Waals surface area contributed by atoms with E-state index in [1.54, 1.807) is 24.3 Å². The van der Waals surface area contributed by atoms with Crippen LogP contribution in [0.15, 0.2) is 24.3 Å². The van der Waals surface area contributed by atoms with Gasteiger partial charge in [0.15, 0.2) is 0 Å². The van der Waals surface area contributed by atoms with Gasteiger partial charge < -0.3 is 14.8 Å². The van der Waals surface area contributed by atoms with Crippen molar-refractivity contribution in [2.75, 3.05) is 6.61 Å². The second-order valence-electron chi connectivity index (χ2n) is 3.77. The maximum Gasteiger partial charge on any atom is 0.488 e. The fourth-order valence-electron chi connectivity index (χ4n) is 1.09. The van der Waals surface area contributed by atoms with Crippen molar-refractivity contribution in [3.05, 3.63) is 24.3 Å². The molecule has 0 aliphatic carbocycles. The molecule has 0 radical (unpaired) electrons. The Morgan fingerprint density at radius 3 is 2.33 bits per heavy atom. The summed E-state index contributed by atoms with van der Waals surface area (Å²) in [5, 5.41) is 17.8. The van der Waals surface area contributed by atoms with Gasteiger partial charge in [-0.1, -0.05) is 32.4 Å². The Morgan fingerprint density at radius 2 is 1.87 bits per heavy atom. The Balaban J connectivity index is 2.50. The molecule has 0 fully saturated rings. The van der Waals surface area contributed by atoms with Crippen LogP contribution in [0.25, 0.3) is 0 Å². The number of rotatable bonds is 5. The minimum absolute atomic E-state index is 0.478. The van der Waals surface area contributed by atoms with E-state index < -0.39 is 7.12 Å². The summed E-state index contributed by atoms with van der Waals surface area (Å²) >= 11 is 0. The Bertz CT molecular complexity index is 284. The van der Waals surface area contributed by atoms with E-state index in [2.05, 4.69) is 13.8 Å². The van der Waals surface area contributed by atoms with Gasteiger partial charge in [-0.15, -0.1) is 0 Å². The number of benzene rings is 1. The lowest BCUT2D eigenvalue weighted by atomic mass is 9.80. The van der Waals surface area contributed by atoms with Crippen LogP contribution < -0.4 is 10.2 Å². The van der Waals surface area contributed by atoms with Crippen molar-refractivity contribution in [3.8, 4) is 5.75 Å². The quantitative estimate of drug-likeness (QED) is 0.703. The van der Waals surface area contributed by atoms with Gasteiger partial charge in [0.1, 0.15) is 5.75 Å². The molecule has 0 spiro atoms. The van der Waals surface area contributed by atoms with Gasteiger partial charge in [0.05, 0.1) is 6.61 Å². The predicted molar refractivity (Wildman–Crippen MR) is 61.2 cm³/mol. The zero-order valence-electron chi connectivity index (χ0n) is 9.18. The highest BCUT2D eigenvalue weighted by Crippen LogP contribution is 2.10. The second kappa shape index (κ2) is 5.78. The van der Waals surface area contributed by atoms with E-state index in [0.717, 1.165) is 12.2 Å². The molecule has 0 aromatic heterocycles. The normalized spacial score (nSPS) is 12.3. The molecule has 0 aliphatic rings. The summed E-state index contributed by atoms with van der Waals surface area (Å²) in [4.78, 5) is 0. The highest BCUT2D eigenvalue weighted by Gasteiger charge is 2.09. The summed E-state index contributed by atoms with van der Waals surface area (Å²) in [6, 6.07) is 6.79. The molecule has 1 aromatic carbocycles. The van der Waals surface area contributed by atoms with E-state index in [-0.39, 0.29) is 0 Å². The first-order chi connectivity index (χ1) is 7.13. The third kappa shape index (κ3) is 3.94. The molecule has 0 bridgehead atoms. The van der Waals surface area contributed by atoms with Crippen LogP contribution in [0.5, 0.6) is 5.75 Å². The van der Waals surface area contributed by atoms with Crippen LogP contribution >= 0.6 is 0 Å². The van der Waals surface area contributed by atoms with Gasteiger partial charge in [-0.2, -0.15) is 0 Å². The van der Waals surface area contributed by atoms with E-state index in [0.29, 0.717) is 18.0 Å². The summed E-state index contributed by atoms with van der Waals surface area (Å²) < 4.78 is 5.53. The zero-order valence-corrected chi connectivity index (χ0v) is 9.18. The number of hydrogen-bond donors (Lipinski definition) is 2. The van der Waals surface area contributed by atoms with E-state index in [1.807, 2.05) is 0 Å². The third-order valence-electron chi connectivity index (χ3n) is 2.41. The second-order valence-corrected chi connectivity index (χ2v) is 3.77. The molecule has 1 atom stereocenters. The average molecular weight is 208 g/mol. The van der Waals surface area contributed by atoms with Crippen LogP contribution in [0.3, 0.4) is 0 Å². The Kier molecular flexibility index (Phi) is 4.65. The molecular weight excluding hydrogens is 191 g/mol. The van der Waals surface area contributed by atoms with E-state index in [1.165, 1.54) is 0 Å². The zero-order chi connectivity index (χ0) is 11.3. The standard InChI is InChI=1S/C11H17BO3/c1-3-9(2)8-15-11-6-4-10(5-7-11)12(13)14/h4-7,9,13-14H,3,8H2,1-2H3/t9-/m1/s1. The van der Waals surface area contributed by atoms with Gasteiger partial charge in [-0.25, -0.2) is 0 Å². The lowest BCUT2D eigenvalue weighted by Gasteiger charge is -2.11. The first kappa shape index (κ1) is 12.1. The predicted octanol–water partition coefficient (Wildman–Crippen LogP) is 0.791. The first-order valence-corrected chi connectivity index (χ1v) is 5.22. The average Bonchev–Trinajstić information content (AvgIpc) is 2.26. The Labute approximate surface area is 90.9 Å². The molecule has 0 heterocycles. The van der Waals surface area contributed by atoms with E-state index in [9.17, 15) is 0 Å². The van der Waals surface area contributed by atoms with Crippen LogP contribution in [0.1, 0.15) is 20.3 Å². The van der Waals surface area contributed by atoms with E-state index >= 15 is 0 Å². The summed E-state index contributed by atoms with van der Waals surface area (Å²) in [6.07, 6.45) is 1.09. The molecule has 82 valence electrons. The molecule has 3 nitrogen and oxygen atoms in total. The van der Waals surface area contributed by atoms with Gasteiger partial charge in [0.25, 0.3) is 0 Å². The lowest BCUT2D eigenvalue weighted by molar-refractivity contribution is 0.256. The highest BCUT2D eigenvalue weighted by atomic mass is 16.5. The van der Waals surface area contributed by atoms with Gasteiger partial charge in [-0.3, -0.25) is 0 Å². The largest absolute Gasteiger partial charge is 0.493 e. The summed E-state index contributed by atoms with van der Waals surface area (Å²) in [5.74, 6) is 1.30. The maximum absolute atomic E-state index is 8.89. The van der Waals surface area contributed by atoms with Crippen LogP contribution in [0.2, 0.25) is 0 Å². The molecule has 0 saturated heterocycles. The monoisotopic (exact) mass is 208 g/mol. The number of ether oxygens (including phenoxy) is 1. The maximum atomic E-state index is 8.89. The smallest absolute Gasteiger partial charge is 0.488 e. The fourth-order valence-corrected chi connectivity index (χ4v) is 1.09. The van der Waals surface area contributed by atoms with Crippen molar-refractivity contribution in [1.29, 1.82) is 0 Å². The van der Waals surface area contributed by atoms with Crippen molar-refractivity contribution in [1.82, 2.24) is 0 Å². The molecule has 0 unspecified atom stereocenters. The summed E-state index contributed by atoms with van der Waals surface area (Å²) in [5.41, 5.74) is 0.478. The summed E-state index contributed by atoms with van der Waals surface area (Å²) in [6.45, 7) is 4.95. The molecular formula is C11H17BO3. The summed E-state index contributed by atoms with van der Waals surface area (Å²) in [7, 11) is -1.41. The third-order valence-corrected chi connectivity index (χ3v) is 2.41. The Morgan fingerprint density at radius 1 is 1.27 bits per heavy atom. The molecule has 0 saturated carbocycles. The highest BCUT2D eigenvalue weighted by molar-refractivity contribution is 6.58. The van der Waals surface area contributed by atoms with Gasteiger partial charge in [0.2, 0.25) is 0 Å². The van der Waals surface area contributed by atoms with Gasteiger partial charge in [-0.05, 0) is 23.5 Å².